The van der Waals surface area contributed by atoms with Crippen LogP contribution < -0.4 is 10.2 Å². The van der Waals surface area contributed by atoms with Crippen LogP contribution in [0.5, 0.6) is 0 Å². The number of carbonyl (C=O) groups is 2. The van der Waals surface area contributed by atoms with Crippen molar-refractivity contribution in [2.45, 2.75) is 39.7 Å². The predicted molar refractivity (Wildman–Crippen MR) is 117 cm³/mol. The number of aryl methyl sites for hydroxylation is 1. The van der Waals surface area contributed by atoms with E-state index in [0.29, 0.717) is 6.54 Å². The minimum Gasteiger partial charge on any atom is -0.350 e. The fourth-order valence-corrected chi connectivity index (χ4v) is 5.27. The zero-order valence-electron chi connectivity index (χ0n) is 17.6. The Morgan fingerprint density at radius 1 is 1.23 bits per heavy atom. The SMILES string of the molecule is CC(C)C(=O)N1CCN(c2nc3c(s2)C[C@@H](C(=O)NCc2ccccn2)CC3)CC1. The summed E-state index contributed by atoms with van der Waals surface area (Å²) in [5.74, 6) is 0.370. The normalized spacial score (nSPS) is 19.0. The molecule has 2 aromatic rings. The van der Waals surface area contributed by atoms with Gasteiger partial charge in [-0.2, -0.15) is 0 Å². The third kappa shape index (κ3) is 4.64. The standard InChI is InChI=1S/C22H29N5O2S/c1-15(2)21(29)26-9-11-27(12-10-26)22-25-18-7-6-16(13-19(18)30-22)20(28)24-14-17-5-3-4-8-23-17/h3-5,8,15-16H,6-7,9-14H2,1-2H3,(H,24,28)/t16-/m0/s1. The number of hydrogen-bond donors (Lipinski definition) is 1. The number of carbonyl (C=O) groups excluding carboxylic acids is 2. The molecule has 0 unspecified atom stereocenters. The Kier molecular flexibility index (Phi) is 6.32. The summed E-state index contributed by atoms with van der Waals surface area (Å²) in [5, 5.41) is 4.06. The third-order valence-corrected chi connectivity index (χ3v) is 7.01. The molecule has 1 aliphatic heterocycles. The number of aromatic nitrogens is 2. The highest BCUT2D eigenvalue weighted by Crippen LogP contribution is 2.34. The topological polar surface area (TPSA) is 78.4 Å². The smallest absolute Gasteiger partial charge is 0.225 e. The molecule has 0 saturated carbocycles. The lowest BCUT2D eigenvalue weighted by atomic mass is 9.90. The summed E-state index contributed by atoms with van der Waals surface area (Å²) in [4.78, 5) is 39.4. The van der Waals surface area contributed by atoms with E-state index in [2.05, 4.69) is 15.2 Å². The largest absolute Gasteiger partial charge is 0.350 e. The van der Waals surface area contributed by atoms with Gasteiger partial charge < -0.3 is 15.1 Å². The van der Waals surface area contributed by atoms with Crippen molar-refractivity contribution in [1.29, 1.82) is 0 Å². The first-order chi connectivity index (χ1) is 14.5. The average molecular weight is 428 g/mol. The van der Waals surface area contributed by atoms with Crippen LogP contribution in [0.2, 0.25) is 0 Å². The van der Waals surface area contributed by atoms with E-state index in [9.17, 15) is 9.59 Å². The van der Waals surface area contributed by atoms with Crippen molar-refractivity contribution in [3.05, 3.63) is 40.7 Å². The van der Waals surface area contributed by atoms with Gasteiger partial charge in [-0.05, 0) is 31.4 Å². The first-order valence-corrected chi connectivity index (χ1v) is 11.5. The molecule has 3 heterocycles. The predicted octanol–water partition coefficient (Wildman–Crippen LogP) is 2.26. The monoisotopic (exact) mass is 427 g/mol. The fourth-order valence-electron chi connectivity index (χ4n) is 4.03. The van der Waals surface area contributed by atoms with Gasteiger partial charge in [0.1, 0.15) is 0 Å². The molecule has 1 fully saturated rings. The molecule has 2 aliphatic rings. The summed E-state index contributed by atoms with van der Waals surface area (Å²) in [6, 6.07) is 5.72. The highest BCUT2D eigenvalue weighted by molar-refractivity contribution is 7.15. The van der Waals surface area contributed by atoms with E-state index in [0.717, 1.165) is 62.0 Å². The van der Waals surface area contributed by atoms with E-state index in [4.69, 9.17) is 4.98 Å². The summed E-state index contributed by atoms with van der Waals surface area (Å²) in [7, 11) is 0. The number of thiazole rings is 1. The molecule has 0 aromatic carbocycles. The van der Waals surface area contributed by atoms with Gasteiger partial charge in [0.15, 0.2) is 5.13 Å². The first-order valence-electron chi connectivity index (χ1n) is 10.7. The molecule has 2 aromatic heterocycles. The van der Waals surface area contributed by atoms with Gasteiger partial charge in [0.05, 0.1) is 17.9 Å². The molecule has 1 aliphatic carbocycles. The zero-order chi connectivity index (χ0) is 21.1. The van der Waals surface area contributed by atoms with E-state index >= 15 is 0 Å². The van der Waals surface area contributed by atoms with Gasteiger partial charge in [0.2, 0.25) is 11.8 Å². The van der Waals surface area contributed by atoms with Crippen molar-refractivity contribution in [3.8, 4) is 0 Å². The van der Waals surface area contributed by atoms with E-state index in [1.165, 1.54) is 4.88 Å². The van der Waals surface area contributed by atoms with Crippen molar-refractivity contribution < 1.29 is 9.59 Å². The van der Waals surface area contributed by atoms with Gasteiger partial charge in [-0.3, -0.25) is 14.6 Å². The number of anilines is 1. The van der Waals surface area contributed by atoms with Gasteiger partial charge in [0, 0.05) is 49.1 Å². The van der Waals surface area contributed by atoms with Crippen LogP contribution in [0.25, 0.3) is 0 Å². The first kappa shape index (κ1) is 20.8. The average Bonchev–Trinajstić information content (AvgIpc) is 3.21. The lowest BCUT2D eigenvalue weighted by Gasteiger charge is -2.35. The number of piperazine rings is 1. The van der Waals surface area contributed by atoms with Crippen molar-refractivity contribution >= 4 is 28.3 Å². The molecule has 1 N–H and O–H groups in total. The van der Waals surface area contributed by atoms with Gasteiger partial charge >= 0.3 is 0 Å². The second-order valence-electron chi connectivity index (χ2n) is 8.31. The summed E-state index contributed by atoms with van der Waals surface area (Å²) in [5.41, 5.74) is 2.02. The molecule has 30 heavy (non-hydrogen) atoms. The molecule has 1 saturated heterocycles. The summed E-state index contributed by atoms with van der Waals surface area (Å²) in [6.45, 7) is 7.51. The Morgan fingerprint density at radius 3 is 2.73 bits per heavy atom. The number of amides is 2. The molecular formula is C22H29N5O2S. The van der Waals surface area contributed by atoms with Crippen LogP contribution in [0.15, 0.2) is 24.4 Å². The van der Waals surface area contributed by atoms with Crippen molar-refractivity contribution in [2.75, 3.05) is 31.1 Å². The number of pyridine rings is 1. The molecular weight excluding hydrogens is 398 g/mol. The summed E-state index contributed by atoms with van der Waals surface area (Å²) < 4.78 is 0. The maximum absolute atomic E-state index is 12.6. The van der Waals surface area contributed by atoms with Crippen molar-refractivity contribution in [2.24, 2.45) is 11.8 Å². The van der Waals surface area contributed by atoms with Crippen LogP contribution in [-0.4, -0.2) is 52.9 Å². The number of nitrogens with one attached hydrogen (secondary N) is 1. The molecule has 4 rings (SSSR count). The summed E-state index contributed by atoms with van der Waals surface area (Å²) >= 11 is 1.71. The molecule has 1 atom stereocenters. The van der Waals surface area contributed by atoms with Crippen LogP contribution in [0, 0.1) is 11.8 Å². The number of rotatable bonds is 5. The summed E-state index contributed by atoms with van der Waals surface area (Å²) in [6.07, 6.45) is 4.18. The van der Waals surface area contributed by atoms with Crippen molar-refractivity contribution in [3.63, 3.8) is 0 Å². The lowest BCUT2D eigenvalue weighted by Crippen LogP contribution is -2.49. The number of hydrogen-bond acceptors (Lipinski definition) is 6. The third-order valence-electron chi connectivity index (χ3n) is 5.82. The maximum atomic E-state index is 12.6. The zero-order valence-corrected chi connectivity index (χ0v) is 18.5. The maximum Gasteiger partial charge on any atom is 0.225 e. The van der Waals surface area contributed by atoms with Gasteiger partial charge in [-0.15, -0.1) is 11.3 Å². The Balaban J connectivity index is 1.32. The fraction of sp³-hybridized carbons (Fsp3) is 0.545. The van der Waals surface area contributed by atoms with Crippen LogP contribution in [0.3, 0.4) is 0 Å². The Bertz CT molecular complexity index is 890. The van der Waals surface area contributed by atoms with Crippen LogP contribution in [-0.2, 0) is 29.0 Å². The molecule has 8 heteroatoms. The molecule has 160 valence electrons. The van der Waals surface area contributed by atoms with E-state index < -0.39 is 0 Å². The molecule has 7 nitrogen and oxygen atoms in total. The van der Waals surface area contributed by atoms with Gasteiger partial charge in [-0.1, -0.05) is 19.9 Å². The minimum atomic E-state index is -0.00461. The highest BCUT2D eigenvalue weighted by atomic mass is 32.1. The Hall–Kier alpha value is -2.48. The van der Waals surface area contributed by atoms with Crippen molar-refractivity contribution in [1.82, 2.24) is 20.2 Å². The molecule has 0 spiro atoms. The van der Waals surface area contributed by atoms with E-state index in [-0.39, 0.29) is 23.7 Å². The molecule has 0 bridgehead atoms. The minimum absolute atomic E-state index is 0.00461. The quantitative estimate of drug-likeness (QED) is 0.792. The van der Waals surface area contributed by atoms with Crippen LogP contribution in [0.4, 0.5) is 5.13 Å². The Labute approximate surface area is 181 Å². The van der Waals surface area contributed by atoms with Gasteiger partial charge in [-0.25, -0.2) is 4.98 Å². The van der Waals surface area contributed by atoms with Gasteiger partial charge in [0.25, 0.3) is 0 Å². The van der Waals surface area contributed by atoms with E-state index in [1.54, 1.807) is 17.5 Å². The van der Waals surface area contributed by atoms with Crippen LogP contribution in [0.1, 0.15) is 36.5 Å². The number of fused-ring (bicyclic) bond motifs is 1. The number of nitrogens with zero attached hydrogens (tertiary/aromatic N) is 4. The van der Waals surface area contributed by atoms with E-state index in [1.807, 2.05) is 36.9 Å². The highest BCUT2D eigenvalue weighted by Gasteiger charge is 2.30. The van der Waals surface area contributed by atoms with Crippen LogP contribution >= 0.6 is 11.3 Å². The lowest BCUT2D eigenvalue weighted by molar-refractivity contribution is -0.134. The second-order valence-corrected chi connectivity index (χ2v) is 9.37. The molecule has 0 radical (unpaired) electrons. The Morgan fingerprint density at radius 2 is 2.03 bits per heavy atom. The second kappa shape index (κ2) is 9.12. The molecule has 2 amide bonds.